The molecule has 2 aromatic rings. The van der Waals surface area contributed by atoms with E-state index in [0.717, 1.165) is 17.0 Å². The first-order chi connectivity index (χ1) is 8.33. The normalized spacial score (nSPS) is 14.4. The molecule has 0 radical (unpaired) electrons. The van der Waals surface area contributed by atoms with Gasteiger partial charge in [-0.2, -0.15) is 11.3 Å². The molecule has 1 aliphatic rings. The van der Waals surface area contributed by atoms with Crippen molar-refractivity contribution >= 4 is 33.7 Å². The predicted molar refractivity (Wildman–Crippen MR) is 67.7 cm³/mol. The van der Waals surface area contributed by atoms with Crippen molar-refractivity contribution in [3.05, 3.63) is 33.0 Å². The summed E-state index contributed by atoms with van der Waals surface area (Å²) in [5, 5.41) is 7.19. The topological polar surface area (TPSA) is 51.2 Å². The van der Waals surface area contributed by atoms with Crippen LogP contribution in [0.4, 0.5) is 5.13 Å². The molecule has 0 bridgehead atoms. The monoisotopic (exact) mass is 266 g/mol. The Morgan fingerprint density at radius 3 is 3.24 bits per heavy atom. The number of hydrogen-bond acceptors (Lipinski definition) is 5. The fourth-order valence-electron chi connectivity index (χ4n) is 1.64. The standard InChI is InChI=1S/C11H10N2O2S2/c14-10(7-2-4-16-6-7)13-11-12-8-1-3-15-5-9(8)17-11/h2,4,6H,1,3,5H2,(H,12,13,14). The number of thiazole rings is 1. The van der Waals surface area contributed by atoms with E-state index in [1.54, 1.807) is 6.07 Å². The Morgan fingerprint density at radius 2 is 2.47 bits per heavy atom. The molecule has 1 aliphatic heterocycles. The van der Waals surface area contributed by atoms with E-state index >= 15 is 0 Å². The van der Waals surface area contributed by atoms with Gasteiger partial charge in [-0.25, -0.2) is 4.98 Å². The Morgan fingerprint density at radius 1 is 1.53 bits per heavy atom. The zero-order valence-corrected chi connectivity index (χ0v) is 10.6. The van der Waals surface area contributed by atoms with Crippen LogP contribution in [0, 0.1) is 0 Å². The first kappa shape index (κ1) is 10.9. The van der Waals surface area contributed by atoms with Crippen molar-refractivity contribution in [2.75, 3.05) is 11.9 Å². The van der Waals surface area contributed by atoms with E-state index in [0.29, 0.717) is 23.9 Å². The molecule has 0 unspecified atom stereocenters. The second-order valence-electron chi connectivity index (χ2n) is 3.66. The molecule has 0 aromatic carbocycles. The number of amides is 1. The molecular weight excluding hydrogens is 256 g/mol. The lowest BCUT2D eigenvalue weighted by atomic mass is 10.2. The first-order valence-corrected chi connectivity index (χ1v) is 6.99. The number of carbonyl (C=O) groups is 1. The predicted octanol–water partition coefficient (Wildman–Crippen LogP) is 2.53. The van der Waals surface area contributed by atoms with Crippen molar-refractivity contribution < 1.29 is 9.53 Å². The largest absolute Gasteiger partial charge is 0.375 e. The highest BCUT2D eigenvalue weighted by molar-refractivity contribution is 7.15. The van der Waals surface area contributed by atoms with Gasteiger partial charge in [0.15, 0.2) is 5.13 Å². The van der Waals surface area contributed by atoms with Gasteiger partial charge >= 0.3 is 0 Å². The van der Waals surface area contributed by atoms with Crippen LogP contribution in [0.1, 0.15) is 20.9 Å². The third-order valence-corrected chi connectivity index (χ3v) is 4.17. The Hall–Kier alpha value is -1.24. The SMILES string of the molecule is O=C(Nc1nc2c(s1)COCC2)c1ccsc1. The van der Waals surface area contributed by atoms with Gasteiger partial charge in [0.1, 0.15) is 0 Å². The molecule has 0 fully saturated rings. The smallest absolute Gasteiger partial charge is 0.258 e. The Kier molecular flexibility index (Phi) is 2.92. The molecular formula is C11H10N2O2S2. The fourth-order valence-corrected chi connectivity index (χ4v) is 3.22. The number of rotatable bonds is 2. The molecule has 0 aliphatic carbocycles. The highest BCUT2D eigenvalue weighted by atomic mass is 32.1. The minimum absolute atomic E-state index is 0.0988. The molecule has 0 atom stereocenters. The van der Waals surface area contributed by atoms with E-state index in [2.05, 4.69) is 10.3 Å². The van der Waals surface area contributed by atoms with Gasteiger partial charge < -0.3 is 4.74 Å². The number of aromatic nitrogens is 1. The number of nitrogens with one attached hydrogen (secondary N) is 1. The maximum absolute atomic E-state index is 11.8. The molecule has 4 nitrogen and oxygen atoms in total. The van der Waals surface area contributed by atoms with Crippen LogP contribution in [0.2, 0.25) is 0 Å². The lowest BCUT2D eigenvalue weighted by Gasteiger charge is -2.08. The van der Waals surface area contributed by atoms with Crippen LogP contribution in [-0.2, 0) is 17.8 Å². The maximum Gasteiger partial charge on any atom is 0.258 e. The van der Waals surface area contributed by atoms with Crippen molar-refractivity contribution in [1.82, 2.24) is 4.98 Å². The lowest BCUT2D eigenvalue weighted by Crippen LogP contribution is -2.11. The third-order valence-electron chi connectivity index (χ3n) is 2.50. The summed E-state index contributed by atoms with van der Waals surface area (Å²) in [5.74, 6) is -0.0988. The Balaban J connectivity index is 1.77. The second-order valence-corrected chi connectivity index (χ2v) is 5.52. The summed E-state index contributed by atoms with van der Waals surface area (Å²) in [6.07, 6.45) is 0.833. The zero-order chi connectivity index (χ0) is 11.7. The van der Waals surface area contributed by atoms with Gasteiger partial charge in [-0.3, -0.25) is 10.1 Å². The molecule has 88 valence electrons. The van der Waals surface area contributed by atoms with Gasteiger partial charge in [-0.1, -0.05) is 11.3 Å². The van der Waals surface area contributed by atoms with E-state index in [4.69, 9.17) is 4.74 Å². The number of carbonyl (C=O) groups excluding carboxylic acids is 1. The molecule has 17 heavy (non-hydrogen) atoms. The van der Waals surface area contributed by atoms with Crippen molar-refractivity contribution in [3.63, 3.8) is 0 Å². The van der Waals surface area contributed by atoms with Crippen molar-refractivity contribution in [2.24, 2.45) is 0 Å². The minimum atomic E-state index is -0.0988. The van der Waals surface area contributed by atoms with Crippen LogP contribution in [0.25, 0.3) is 0 Å². The fraction of sp³-hybridized carbons (Fsp3) is 0.273. The molecule has 0 saturated carbocycles. The van der Waals surface area contributed by atoms with Gasteiger partial charge in [0.2, 0.25) is 0 Å². The van der Waals surface area contributed by atoms with E-state index in [9.17, 15) is 4.79 Å². The quantitative estimate of drug-likeness (QED) is 0.908. The Labute approximate surface area is 106 Å². The molecule has 2 aromatic heterocycles. The highest BCUT2D eigenvalue weighted by Gasteiger charge is 2.17. The molecule has 0 saturated heterocycles. The van der Waals surface area contributed by atoms with E-state index in [1.807, 2.05) is 10.8 Å². The third kappa shape index (κ3) is 2.24. The molecule has 0 spiro atoms. The summed E-state index contributed by atoms with van der Waals surface area (Å²) >= 11 is 3.00. The number of thiophene rings is 1. The summed E-state index contributed by atoms with van der Waals surface area (Å²) in [5.41, 5.74) is 1.74. The van der Waals surface area contributed by atoms with Crippen LogP contribution in [-0.4, -0.2) is 17.5 Å². The summed E-state index contributed by atoms with van der Waals surface area (Å²) in [4.78, 5) is 17.4. The van der Waals surface area contributed by atoms with Crippen molar-refractivity contribution in [2.45, 2.75) is 13.0 Å². The van der Waals surface area contributed by atoms with Gasteiger partial charge in [-0.15, -0.1) is 0 Å². The minimum Gasteiger partial charge on any atom is -0.375 e. The average Bonchev–Trinajstić information content (AvgIpc) is 2.97. The van der Waals surface area contributed by atoms with Crippen LogP contribution in [0.3, 0.4) is 0 Å². The lowest BCUT2D eigenvalue weighted by molar-refractivity contribution is 0.102. The summed E-state index contributed by atoms with van der Waals surface area (Å²) in [6, 6.07) is 1.80. The van der Waals surface area contributed by atoms with Crippen molar-refractivity contribution in [1.29, 1.82) is 0 Å². The number of ether oxygens (including phenoxy) is 1. The van der Waals surface area contributed by atoms with E-state index in [-0.39, 0.29) is 5.91 Å². The molecule has 6 heteroatoms. The van der Waals surface area contributed by atoms with Crippen LogP contribution in [0.15, 0.2) is 16.8 Å². The average molecular weight is 266 g/mol. The molecule has 3 heterocycles. The number of fused-ring (bicyclic) bond motifs is 1. The van der Waals surface area contributed by atoms with Gasteiger partial charge in [-0.05, 0) is 11.4 Å². The van der Waals surface area contributed by atoms with Crippen LogP contribution >= 0.6 is 22.7 Å². The summed E-state index contributed by atoms with van der Waals surface area (Å²) < 4.78 is 5.35. The number of hydrogen-bond donors (Lipinski definition) is 1. The van der Waals surface area contributed by atoms with Crippen LogP contribution in [0.5, 0.6) is 0 Å². The molecule has 1 N–H and O–H groups in total. The van der Waals surface area contributed by atoms with Gasteiger partial charge in [0.05, 0.1) is 29.3 Å². The van der Waals surface area contributed by atoms with Gasteiger partial charge in [0.25, 0.3) is 5.91 Å². The zero-order valence-electron chi connectivity index (χ0n) is 8.93. The van der Waals surface area contributed by atoms with Crippen molar-refractivity contribution in [3.8, 4) is 0 Å². The Bertz CT molecular complexity index is 510. The first-order valence-electron chi connectivity index (χ1n) is 5.23. The summed E-state index contributed by atoms with van der Waals surface area (Å²) in [7, 11) is 0. The maximum atomic E-state index is 11.8. The highest BCUT2D eigenvalue weighted by Crippen LogP contribution is 2.27. The number of anilines is 1. The second kappa shape index (κ2) is 4.56. The molecule has 3 rings (SSSR count). The number of nitrogens with zero attached hydrogens (tertiary/aromatic N) is 1. The van der Waals surface area contributed by atoms with E-state index in [1.165, 1.54) is 22.7 Å². The molecule has 1 amide bonds. The van der Waals surface area contributed by atoms with E-state index < -0.39 is 0 Å². The van der Waals surface area contributed by atoms with Gasteiger partial charge in [0, 0.05) is 11.8 Å². The summed E-state index contributed by atoms with van der Waals surface area (Å²) in [6.45, 7) is 1.33. The van der Waals surface area contributed by atoms with Crippen LogP contribution < -0.4 is 5.32 Å².